The summed E-state index contributed by atoms with van der Waals surface area (Å²) >= 11 is 0. The molecule has 5 rings (SSSR count). The van der Waals surface area contributed by atoms with Crippen molar-refractivity contribution in [3.63, 3.8) is 0 Å². The first-order valence-corrected chi connectivity index (χ1v) is 11.1. The fourth-order valence-electron chi connectivity index (χ4n) is 6.90. The predicted octanol–water partition coefficient (Wildman–Crippen LogP) is 2.10. The van der Waals surface area contributed by atoms with E-state index in [4.69, 9.17) is 14.6 Å². The highest BCUT2D eigenvalue weighted by molar-refractivity contribution is 5.73. The molecule has 2 aliphatic heterocycles. The summed E-state index contributed by atoms with van der Waals surface area (Å²) in [5, 5.41) is 12.2. The Morgan fingerprint density at radius 1 is 1.37 bits per heavy atom. The van der Waals surface area contributed by atoms with Gasteiger partial charge in [-0.05, 0) is 62.7 Å². The topological polar surface area (TPSA) is 88.1 Å². The number of piperidine rings is 1. The zero-order valence-electron chi connectivity index (χ0n) is 17.6. The number of ether oxygens (including phenoxy) is 2. The van der Waals surface area contributed by atoms with Gasteiger partial charge in [-0.15, -0.1) is 0 Å². The van der Waals surface area contributed by atoms with E-state index >= 15 is 0 Å². The lowest BCUT2D eigenvalue weighted by Crippen LogP contribution is -2.68. The molecule has 7 nitrogen and oxygen atoms in total. The van der Waals surface area contributed by atoms with Crippen LogP contribution in [0.5, 0.6) is 11.5 Å². The zero-order valence-corrected chi connectivity index (χ0v) is 17.6. The van der Waals surface area contributed by atoms with Crippen LogP contribution < -0.4 is 14.8 Å². The first-order chi connectivity index (χ1) is 14.5. The number of nitrogens with zero attached hydrogens (tertiary/aromatic N) is 1. The van der Waals surface area contributed by atoms with Crippen molar-refractivity contribution in [2.45, 2.75) is 69.1 Å². The first kappa shape index (κ1) is 19.7. The molecular formula is C23H30N2O5. The minimum Gasteiger partial charge on any atom is -0.493 e. The van der Waals surface area contributed by atoms with E-state index in [-0.39, 0.29) is 29.9 Å². The zero-order chi connectivity index (χ0) is 21.0. The van der Waals surface area contributed by atoms with Crippen LogP contribution in [0.25, 0.3) is 0 Å². The molecular weight excluding hydrogens is 384 g/mol. The van der Waals surface area contributed by atoms with E-state index < -0.39 is 5.97 Å². The van der Waals surface area contributed by atoms with Gasteiger partial charge in [-0.2, -0.15) is 0 Å². The molecule has 7 heteroatoms. The quantitative estimate of drug-likeness (QED) is 0.741. The van der Waals surface area contributed by atoms with E-state index in [0.29, 0.717) is 18.4 Å². The van der Waals surface area contributed by atoms with Crippen LogP contribution in [0.4, 0.5) is 0 Å². The Kier molecular flexibility index (Phi) is 4.69. The minimum absolute atomic E-state index is 0.000941. The summed E-state index contributed by atoms with van der Waals surface area (Å²) in [5.41, 5.74) is 2.53. The number of aliphatic carboxylic acids is 1. The van der Waals surface area contributed by atoms with Crippen molar-refractivity contribution >= 4 is 11.9 Å². The Morgan fingerprint density at radius 2 is 2.20 bits per heavy atom. The van der Waals surface area contributed by atoms with Gasteiger partial charge < -0.3 is 19.9 Å². The molecule has 1 aromatic carbocycles. The van der Waals surface area contributed by atoms with Crippen molar-refractivity contribution in [2.75, 3.05) is 20.2 Å². The van der Waals surface area contributed by atoms with E-state index in [1.807, 2.05) is 6.07 Å². The van der Waals surface area contributed by atoms with Crippen LogP contribution in [0.3, 0.4) is 0 Å². The molecule has 1 amide bonds. The molecule has 1 spiro atoms. The van der Waals surface area contributed by atoms with Crippen molar-refractivity contribution in [1.82, 2.24) is 10.2 Å². The Morgan fingerprint density at radius 3 is 2.93 bits per heavy atom. The molecule has 30 heavy (non-hydrogen) atoms. The summed E-state index contributed by atoms with van der Waals surface area (Å²) in [7, 11) is 1.68. The van der Waals surface area contributed by atoms with Gasteiger partial charge in [-0.25, -0.2) is 0 Å². The van der Waals surface area contributed by atoms with E-state index in [1.165, 1.54) is 11.1 Å². The van der Waals surface area contributed by atoms with Crippen molar-refractivity contribution in [1.29, 1.82) is 0 Å². The van der Waals surface area contributed by atoms with Crippen molar-refractivity contribution < 1.29 is 24.2 Å². The largest absolute Gasteiger partial charge is 0.493 e. The fraction of sp³-hybridized carbons (Fsp3) is 0.652. The maximum atomic E-state index is 11.9. The average Bonchev–Trinajstić information content (AvgIpc) is 3.05. The standard InChI is InChI=1S/C23H30N2O5/c1-13(26)24-16-7-6-15-17-12-14-5-8-18(29-2)21-20(14)23(15,22(16)30-21)9-11-25(17)10-3-4-19(27)28/h5,8,15-17,22H,3-4,6-7,9-12H2,1-2H3,(H,24,26)(H,27,28)/t15?,16-,17+,22?,23-/m0/s1. The number of amides is 1. The van der Waals surface area contributed by atoms with Gasteiger partial charge in [0.25, 0.3) is 0 Å². The Balaban J connectivity index is 1.55. The lowest BCUT2D eigenvalue weighted by atomic mass is 9.51. The molecule has 2 unspecified atom stereocenters. The maximum absolute atomic E-state index is 11.9. The van der Waals surface area contributed by atoms with Gasteiger partial charge in [0, 0.05) is 30.4 Å². The monoisotopic (exact) mass is 414 g/mol. The normalized spacial score (nSPS) is 33.4. The van der Waals surface area contributed by atoms with Gasteiger partial charge in [-0.3, -0.25) is 14.5 Å². The SMILES string of the molecule is COc1ccc2c3c1OC1[C@@H](NC(C)=O)CCC4[C@@H](C2)N(CCCC(=O)O)CC[C@]314. The van der Waals surface area contributed by atoms with Crippen LogP contribution in [-0.2, 0) is 21.4 Å². The summed E-state index contributed by atoms with van der Waals surface area (Å²) in [4.78, 5) is 25.4. The highest BCUT2D eigenvalue weighted by Crippen LogP contribution is 2.63. The summed E-state index contributed by atoms with van der Waals surface area (Å²) < 4.78 is 12.3. The van der Waals surface area contributed by atoms with Gasteiger partial charge in [0.2, 0.25) is 5.91 Å². The van der Waals surface area contributed by atoms with Gasteiger partial charge in [-0.1, -0.05) is 6.07 Å². The number of likely N-dealkylation sites (tertiary alicyclic amines) is 1. The van der Waals surface area contributed by atoms with Crippen molar-refractivity contribution in [3.8, 4) is 11.5 Å². The second kappa shape index (κ2) is 7.15. The molecule has 2 heterocycles. The van der Waals surface area contributed by atoms with E-state index in [2.05, 4.69) is 16.3 Å². The molecule has 2 bridgehead atoms. The third kappa shape index (κ3) is 2.74. The fourth-order valence-corrected chi connectivity index (χ4v) is 6.90. The summed E-state index contributed by atoms with van der Waals surface area (Å²) in [6.07, 6.45) is 4.70. The molecule has 1 saturated heterocycles. The second-order valence-electron chi connectivity index (χ2n) is 9.26. The van der Waals surface area contributed by atoms with E-state index in [0.717, 1.165) is 50.3 Å². The van der Waals surface area contributed by atoms with E-state index in [9.17, 15) is 9.59 Å². The van der Waals surface area contributed by atoms with Crippen LogP contribution in [0.15, 0.2) is 12.1 Å². The van der Waals surface area contributed by atoms with Gasteiger partial charge in [0.15, 0.2) is 11.5 Å². The molecule has 2 N–H and O–H groups in total. The van der Waals surface area contributed by atoms with Crippen LogP contribution in [0.1, 0.15) is 50.2 Å². The number of carbonyl (C=O) groups excluding carboxylic acids is 1. The van der Waals surface area contributed by atoms with Crippen LogP contribution >= 0.6 is 0 Å². The highest BCUT2D eigenvalue weighted by Gasteiger charge is 2.65. The molecule has 0 radical (unpaired) electrons. The molecule has 5 atom stereocenters. The number of hydrogen-bond donors (Lipinski definition) is 2. The molecule has 162 valence electrons. The number of carboxylic acids is 1. The van der Waals surface area contributed by atoms with Crippen LogP contribution in [0, 0.1) is 5.92 Å². The molecule has 1 aromatic rings. The molecule has 4 aliphatic rings. The molecule has 1 saturated carbocycles. The lowest BCUT2D eigenvalue weighted by molar-refractivity contribution is -0.137. The Labute approximate surface area is 176 Å². The molecule has 0 aromatic heterocycles. The number of benzene rings is 1. The number of carbonyl (C=O) groups is 2. The summed E-state index contributed by atoms with van der Waals surface area (Å²) in [6.45, 7) is 3.33. The van der Waals surface area contributed by atoms with Gasteiger partial charge in [0.1, 0.15) is 6.10 Å². The number of methoxy groups -OCH3 is 1. The minimum atomic E-state index is -0.728. The number of carboxylic acid groups (broad SMARTS) is 1. The number of rotatable bonds is 6. The average molecular weight is 415 g/mol. The Hall–Kier alpha value is -2.28. The Bertz CT molecular complexity index is 887. The number of nitrogens with one attached hydrogen (secondary N) is 1. The van der Waals surface area contributed by atoms with Crippen molar-refractivity contribution in [2.24, 2.45) is 5.92 Å². The third-order valence-electron chi connectivity index (χ3n) is 7.86. The third-order valence-corrected chi connectivity index (χ3v) is 7.86. The maximum Gasteiger partial charge on any atom is 0.303 e. The highest BCUT2D eigenvalue weighted by atomic mass is 16.5. The van der Waals surface area contributed by atoms with Gasteiger partial charge in [0.05, 0.1) is 13.2 Å². The number of hydrogen-bond acceptors (Lipinski definition) is 5. The molecule has 2 fully saturated rings. The first-order valence-electron chi connectivity index (χ1n) is 11.1. The van der Waals surface area contributed by atoms with E-state index in [1.54, 1.807) is 14.0 Å². The predicted molar refractivity (Wildman–Crippen MR) is 110 cm³/mol. The summed E-state index contributed by atoms with van der Waals surface area (Å²) in [5.74, 6) is 1.36. The summed E-state index contributed by atoms with van der Waals surface area (Å²) in [6, 6.07) is 4.57. The lowest BCUT2D eigenvalue weighted by Gasteiger charge is -2.59. The second-order valence-corrected chi connectivity index (χ2v) is 9.26. The van der Waals surface area contributed by atoms with Crippen LogP contribution in [0.2, 0.25) is 0 Å². The van der Waals surface area contributed by atoms with Crippen LogP contribution in [-0.4, -0.2) is 60.3 Å². The van der Waals surface area contributed by atoms with Crippen molar-refractivity contribution in [3.05, 3.63) is 23.3 Å². The van der Waals surface area contributed by atoms with Gasteiger partial charge >= 0.3 is 5.97 Å². The smallest absolute Gasteiger partial charge is 0.303 e. The molecule has 2 aliphatic carbocycles.